The van der Waals surface area contributed by atoms with Crippen LogP contribution in [-0.4, -0.2) is 24.1 Å². The van der Waals surface area contributed by atoms with Crippen molar-refractivity contribution in [1.82, 2.24) is 24.1 Å². The second-order valence-electron chi connectivity index (χ2n) is 17.3. The molecule has 0 aliphatic heterocycles. The zero-order chi connectivity index (χ0) is 47.2. The van der Waals surface area contributed by atoms with E-state index in [9.17, 15) is 0 Å². The summed E-state index contributed by atoms with van der Waals surface area (Å²) in [6.45, 7) is 13.5. The van der Waals surface area contributed by atoms with Gasteiger partial charge in [-0.25, -0.2) is 11.1 Å². The van der Waals surface area contributed by atoms with Crippen LogP contribution in [0.15, 0.2) is 201 Å². The number of rotatable bonds is 9. The van der Waals surface area contributed by atoms with Crippen molar-refractivity contribution < 1.29 is 20.1 Å². The Morgan fingerprint density at radius 1 is 0.449 bits per heavy atom. The molecule has 0 saturated heterocycles. The first-order valence-electron chi connectivity index (χ1n) is 24.0. The predicted molar refractivity (Wildman–Crippen MR) is 286 cm³/mol. The Labute approximate surface area is 422 Å². The first-order valence-corrected chi connectivity index (χ1v) is 24.0. The quantitative estimate of drug-likeness (QED) is 0.135. The Morgan fingerprint density at radius 3 is 1.65 bits per heavy atom. The summed E-state index contributed by atoms with van der Waals surface area (Å²) in [5, 5.41) is 5.08. The third-order valence-corrected chi connectivity index (χ3v) is 13.0. The summed E-state index contributed by atoms with van der Waals surface area (Å²) in [6, 6.07) is 68.6. The van der Waals surface area contributed by atoms with Gasteiger partial charge in [-0.15, -0.1) is 47.5 Å². The summed E-state index contributed by atoms with van der Waals surface area (Å²) in [5.41, 5.74) is 13.2. The molecule has 0 bridgehead atoms. The van der Waals surface area contributed by atoms with Crippen LogP contribution in [0, 0.1) is 18.2 Å². The zero-order valence-electron chi connectivity index (χ0n) is 40.5. The van der Waals surface area contributed by atoms with Gasteiger partial charge in [0.05, 0.1) is 22.7 Å². The summed E-state index contributed by atoms with van der Waals surface area (Å²) < 4.78 is 4.73. The maximum Gasteiger partial charge on any atom is 3.00 e. The first-order chi connectivity index (χ1) is 33.4. The van der Waals surface area contributed by atoms with Crippen LogP contribution in [0.2, 0.25) is 0 Å². The summed E-state index contributed by atoms with van der Waals surface area (Å²) in [7, 11) is 0. The minimum atomic E-state index is 0. The van der Waals surface area contributed by atoms with Gasteiger partial charge in [-0.05, 0) is 79.4 Å². The van der Waals surface area contributed by atoms with E-state index in [1.807, 2.05) is 85.5 Å². The van der Waals surface area contributed by atoms with Gasteiger partial charge in [0.2, 0.25) is 0 Å². The van der Waals surface area contributed by atoms with E-state index in [-0.39, 0.29) is 20.1 Å². The Morgan fingerprint density at radius 2 is 1.01 bits per heavy atom. The molecule has 6 heteroatoms. The number of hydrogen-bond donors (Lipinski definition) is 0. The second kappa shape index (κ2) is 24.3. The Hall–Kier alpha value is -6.98. The molecule has 11 rings (SSSR count). The zero-order valence-corrected chi connectivity index (χ0v) is 42.9. The minimum absolute atomic E-state index is 0. The van der Waals surface area contributed by atoms with Gasteiger partial charge in [-0.2, -0.15) is 48.5 Å². The Balaban J connectivity index is 0.000000139. The molecule has 0 aliphatic carbocycles. The summed E-state index contributed by atoms with van der Waals surface area (Å²) in [4.78, 5) is 12.8. The summed E-state index contributed by atoms with van der Waals surface area (Å²) >= 11 is 0. The molecule has 5 aromatic heterocycles. The average Bonchev–Trinajstić information content (AvgIpc) is 3.95. The van der Waals surface area contributed by atoms with Crippen LogP contribution in [0.4, 0.5) is 0 Å². The molecule has 0 fully saturated rings. The van der Waals surface area contributed by atoms with Crippen molar-refractivity contribution in [2.75, 3.05) is 0 Å². The van der Waals surface area contributed by atoms with Crippen molar-refractivity contribution in [2.45, 2.75) is 78.7 Å². The number of nitrogens with zero attached hydrogens (tertiary/aromatic N) is 5. The smallest absolute Gasteiger partial charge is 0.338 e. The first kappa shape index (κ1) is 49.9. The normalized spacial score (nSPS) is 12.1. The number of fused-ring (bicyclic) bond motifs is 6. The molecule has 346 valence electrons. The molecule has 0 radical (unpaired) electrons. The molecule has 5 heterocycles. The molecule has 69 heavy (non-hydrogen) atoms. The summed E-state index contributed by atoms with van der Waals surface area (Å²) in [6.07, 6.45) is 12.9. The van der Waals surface area contributed by atoms with Gasteiger partial charge in [0, 0.05) is 63.6 Å². The molecular formula is C63H60IrN5. The fourth-order valence-corrected chi connectivity index (χ4v) is 8.57. The van der Waals surface area contributed by atoms with E-state index < -0.39 is 0 Å². The Kier molecular flexibility index (Phi) is 17.6. The minimum Gasteiger partial charge on any atom is -0.338 e. The third-order valence-electron chi connectivity index (χ3n) is 13.0. The molecule has 6 aromatic carbocycles. The van der Waals surface area contributed by atoms with Gasteiger partial charge in [-0.3, -0.25) is 9.97 Å². The predicted octanol–water partition coefficient (Wildman–Crippen LogP) is 16.9. The van der Waals surface area contributed by atoms with E-state index >= 15 is 0 Å². The van der Waals surface area contributed by atoms with Gasteiger partial charge < -0.3 is 14.1 Å². The van der Waals surface area contributed by atoms with Gasteiger partial charge >= 0.3 is 20.1 Å². The number of hydrogen-bond acceptors (Lipinski definition) is 3. The molecule has 5 nitrogen and oxygen atoms in total. The third kappa shape index (κ3) is 11.7. The van der Waals surface area contributed by atoms with Gasteiger partial charge in [0.15, 0.2) is 0 Å². The van der Waals surface area contributed by atoms with E-state index in [2.05, 4.69) is 193 Å². The fraction of sp³-hybridized carbons (Fsp3) is 0.190. The standard InChI is InChI=1S/C21H20N2.C16H16.C15H16N2.C11H8N.Ir/c1-3-15(2)16-8-10-17(11-9-16)23-20-7-5-4-6-18(20)19-12-13-22-14-21(19)23;1-3-13(2)14-9-11-16(12-10-14)15-7-5-4-6-8-15;1-3-11(2)17-14-7-5-4-6-12(14)13-10-16-9-8-15(13)17;1-2-6-10(7-3-1)11-8-4-5-9-12-11;/h4-15H,3H2,1-2H3;4-7,9-11,13H,3H2,1-2H3;4-11H,3H2,1-2H3;1-6,8-9H;/q;-2;;-1;+3. The van der Waals surface area contributed by atoms with Gasteiger partial charge in [0.1, 0.15) is 0 Å². The molecule has 3 unspecified atom stereocenters. The van der Waals surface area contributed by atoms with Crippen LogP contribution in [0.5, 0.6) is 0 Å². The van der Waals surface area contributed by atoms with E-state index in [4.69, 9.17) is 0 Å². The van der Waals surface area contributed by atoms with E-state index in [0.717, 1.165) is 34.3 Å². The topological polar surface area (TPSA) is 48.5 Å². The number of benzene rings is 6. The van der Waals surface area contributed by atoms with Gasteiger partial charge in [-0.1, -0.05) is 108 Å². The molecule has 3 atom stereocenters. The van der Waals surface area contributed by atoms with E-state index in [1.54, 1.807) is 6.20 Å². The molecule has 11 aromatic rings. The van der Waals surface area contributed by atoms with Crippen LogP contribution in [0.25, 0.3) is 71.7 Å². The van der Waals surface area contributed by atoms with Crippen molar-refractivity contribution in [3.63, 3.8) is 0 Å². The Bertz CT molecular complexity index is 3130. The summed E-state index contributed by atoms with van der Waals surface area (Å²) in [5.74, 6) is 1.22. The van der Waals surface area contributed by atoms with Crippen molar-refractivity contribution in [3.8, 4) is 28.1 Å². The maximum absolute atomic E-state index is 4.33. The van der Waals surface area contributed by atoms with Gasteiger partial charge in [0.25, 0.3) is 0 Å². The van der Waals surface area contributed by atoms with Crippen molar-refractivity contribution in [3.05, 3.63) is 230 Å². The van der Waals surface area contributed by atoms with Crippen molar-refractivity contribution in [1.29, 1.82) is 0 Å². The van der Waals surface area contributed by atoms with Crippen molar-refractivity contribution in [2.24, 2.45) is 0 Å². The molecular weight excluding hydrogens is 1020 g/mol. The molecule has 0 saturated carbocycles. The van der Waals surface area contributed by atoms with Crippen LogP contribution >= 0.6 is 0 Å². The average molecular weight is 1080 g/mol. The largest absolute Gasteiger partial charge is 3.00 e. The van der Waals surface area contributed by atoms with Crippen LogP contribution in [-0.2, 0) is 20.1 Å². The molecule has 0 amide bonds. The second-order valence-corrected chi connectivity index (χ2v) is 17.3. The SMILES string of the molecule is CCC(C)c1c[c-]c(-c2[c-]cccc2)cc1.CCC(C)c1ccc(-n2c3ccccc3c3ccncc32)cc1.CCC(C)n1c2ccccc2c2cnccc21.[Ir+3].[c-]1ccccc1-c1ccccn1. The van der Waals surface area contributed by atoms with Crippen LogP contribution < -0.4 is 0 Å². The number of aromatic nitrogens is 5. The van der Waals surface area contributed by atoms with Crippen LogP contribution in [0.1, 0.15) is 89.8 Å². The fourth-order valence-electron chi connectivity index (χ4n) is 8.57. The molecule has 0 N–H and O–H groups in total. The van der Waals surface area contributed by atoms with E-state index in [1.165, 1.54) is 67.8 Å². The van der Waals surface area contributed by atoms with Crippen LogP contribution in [0.3, 0.4) is 0 Å². The molecule has 0 spiro atoms. The van der Waals surface area contributed by atoms with E-state index in [0.29, 0.717) is 17.9 Å². The maximum atomic E-state index is 4.33. The number of pyridine rings is 3. The van der Waals surface area contributed by atoms with Crippen molar-refractivity contribution >= 4 is 43.6 Å². The monoisotopic (exact) mass is 1080 g/mol. The molecule has 0 aliphatic rings. The number of para-hydroxylation sites is 2.